The summed E-state index contributed by atoms with van der Waals surface area (Å²) in [4.78, 5) is 4.29. The van der Waals surface area contributed by atoms with Crippen LogP contribution in [0.5, 0.6) is 11.5 Å². The molecule has 1 aromatic heterocycles. The number of benzene rings is 1. The van der Waals surface area contributed by atoms with E-state index in [4.69, 9.17) is 9.47 Å². The number of aromatic nitrogens is 1. The number of aryl methyl sites for hydroxylation is 1. The highest BCUT2D eigenvalue weighted by Gasteiger charge is 2.11. The number of rotatable bonds is 8. The normalized spacial score (nSPS) is 10.7. The number of ether oxygens (including phenoxy) is 2. The van der Waals surface area contributed by atoms with Gasteiger partial charge in [0.1, 0.15) is 6.61 Å². The number of anilines is 1. The Morgan fingerprint density at radius 3 is 2.91 bits per heavy atom. The molecule has 0 fully saturated rings. The zero-order valence-electron chi connectivity index (χ0n) is 13.0. The first-order chi connectivity index (χ1) is 11.1. The molecule has 0 bridgehead atoms. The van der Waals surface area contributed by atoms with Crippen molar-refractivity contribution in [2.45, 2.75) is 13.8 Å². The predicted octanol–water partition coefficient (Wildman–Crippen LogP) is 4.47. The maximum atomic E-state index is 5.68. The van der Waals surface area contributed by atoms with Gasteiger partial charge in [0.2, 0.25) is 5.13 Å². The summed E-state index contributed by atoms with van der Waals surface area (Å²) in [6, 6.07) is 3.89. The Bertz CT molecular complexity index is 701. The lowest BCUT2D eigenvalue weighted by Crippen LogP contribution is -2.02. The standard InChI is InChI=1S/C16H18IN3O2S/c1-4-6-22-15-13(17)7-12(8-14(15)21-5-2)9-18-20-16-19-11(3)10-23-16/h4,7-10H,1,5-6H2,2-3H3,(H,19,20). The lowest BCUT2D eigenvalue weighted by atomic mass is 10.2. The summed E-state index contributed by atoms with van der Waals surface area (Å²) in [7, 11) is 0. The highest BCUT2D eigenvalue weighted by Crippen LogP contribution is 2.34. The first-order valence-corrected chi connectivity index (χ1v) is 9.01. The zero-order chi connectivity index (χ0) is 16.7. The van der Waals surface area contributed by atoms with Gasteiger partial charge in [0, 0.05) is 5.38 Å². The van der Waals surface area contributed by atoms with Crippen LogP contribution in [0.2, 0.25) is 0 Å². The van der Waals surface area contributed by atoms with Crippen LogP contribution in [0.4, 0.5) is 5.13 Å². The topological polar surface area (TPSA) is 55.7 Å². The summed E-state index contributed by atoms with van der Waals surface area (Å²) in [6.45, 7) is 8.56. The Morgan fingerprint density at radius 1 is 1.43 bits per heavy atom. The van der Waals surface area contributed by atoms with Crippen LogP contribution < -0.4 is 14.9 Å². The SMILES string of the molecule is C=CCOc1c(I)cc(C=NNc2nc(C)cs2)cc1OCC. The Morgan fingerprint density at radius 2 is 2.26 bits per heavy atom. The molecule has 7 heteroatoms. The maximum absolute atomic E-state index is 5.68. The molecule has 2 aromatic rings. The van der Waals surface area contributed by atoms with Gasteiger partial charge < -0.3 is 9.47 Å². The molecule has 0 amide bonds. The Balaban J connectivity index is 2.16. The molecule has 0 aliphatic heterocycles. The second-order valence-electron chi connectivity index (χ2n) is 4.53. The average molecular weight is 443 g/mol. The Labute approximate surface area is 153 Å². The van der Waals surface area contributed by atoms with Gasteiger partial charge in [-0.25, -0.2) is 4.98 Å². The second-order valence-corrected chi connectivity index (χ2v) is 6.55. The van der Waals surface area contributed by atoms with Crippen molar-refractivity contribution < 1.29 is 9.47 Å². The van der Waals surface area contributed by atoms with Crippen molar-refractivity contribution in [2.75, 3.05) is 18.6 Å². The molecule has 122 valence electrons. The molecule has 0 unspecified atom stereocenters. The minimum atomic E-state index is 0.439. The second kappa shape index (κ2) is 8.88. The van der Waals surface area contributed by atoms with E-state index in [-0.39, 0.29) is 0 Å². The lowest BCUT2D eigenvalue weighted by molar-refractivity contribution is 0.295. The minimum absolute atomic E-state index is 0.439. The number of nitrogens with zero attached hydrogens (tertiary/aromatic N) is 2. The first kappa shape index (κ1) is 17.7. The molecule has 0 radical (unpaired) electrons. The van der Waals surface area contributed by atoms with Crippen LogP contribution in [0.15, 0.2) is 35.3 Å². The molecule has 0 spiro atoms. The minimum Gasteiger partial charge on any atom is -0.490 e. The number of hydrazone groups is 1. The summed E-state index contributed by atoms with van der Waals surface area (Å²) in [5.41, 5.74) is 4.82. The predicted molar refractivity (Wildman–Crippen MR) is 104 cm³/mol. The van der Waals surface area contributed by atoms with Crippen LogP contribution >= 0.6 is 33.9 Å². The summed E-state index contributed by atoms with van der Waals surface area (Å²) in [5, 5.41) is 6.96. The van der Waals surface area contributed by atoms with Gasteiger partial charge in [-0.3, -0.25) is 5.43 Å². The summed E-state index contributed by atoms with van der Waals surface area (Å²) >= 11 is 3.75. The molecule has 1 N–H and O–H groups in total. The summed E-state index contributed by atoms with van der Waals surface area (Å²) in [5.74, 6) is 1.43. The fraction of sp³-hybridized carbons (Fsp3) is 0.250. The first-order valence-electron chi connectivity index (χ1n) is 7.05. The van der Waals surface area contributed by atoms with Crippen molar-refractivity contribution >= 4 is 45.3 Å². The number of hydrogen-bond donors (Lipinski definition) is 1. The fourth-order valence-electron chi connectivity index (χ4n) is 1.78. The van der Waals surface area contributed by atoms with E-state index in [1.807, 2.05) is 31.4 Å². The third kappa shape index (κ3) is 5.21. The quantitative estimate of drug-likeness (QED) is 0.283. The van der Waals surface area contributed by atoms with Gasteiger partial charge in [0.25, 0.3) is 0 Å². The zero-order valence-corrected chi connectivity index (χ0v) is 16.0. The number of nitrogens with one attached hydrogen (secondary N) is 1. The Hall–Kier alpha value is -1.61. The van der Waals surface area contributed by atoms with Gasteiger partial charge in [-0.1, -0.05) is 12.7 Å². The van der Waals surface area contributed by atoms with Crippen molar-refractivity contribution in [3.63, 3.8) is 0 Å². The van der Waals surface area contributed by atoms with Gasteiger partial charge in [-0.15, -0.1) is 11.3 Å². The van der Waals surface area contributed by atoms with Crippen LogP contribution in [0.3, 0.4) is 0 Å². The number of halogens is 1. The van der Waals surface area contributed by atoms with E-state index in [1.165, 1.54) is 11.3 Å². The molecular weight excluding hydrogens is 425 g/mol. The lowest BCUT2D eigenvalue weighted by Gasteiger charge is -2.13. The van der Waals surface area contributed by atoms with Crippen LogP contribution in [-0.4, -0.2) is 24.4 Å². The van der Waals surface area contributed by atoms with Crippen LogP contribution in [0, 0.1) is 10.5 Å². The van der Waals surface area contributed by atoms with Crippen molar-refractivity contribution in [1.29, 1.82) is 0 Å². The molecule has 23 heavy (non-hydrogen) atoms. The van der Waals surface area contributed by atoms with E-state index in [0.29, 0.717) is 19.0 Å². The molecule has 2 rings (SSSR count). The Kier molecular flexibility index (Phi) is 6.85. The monoisotopic (exact) mass is 443 g/mol. The van der Waals surface area contributed by atoms with Crippen LogP contribution in [0.1, 0.15) is 18.2 Å². The molecular formula is C16H18IN3O2S. The van der Waals surface area contributed by atoms with Crippen LogP contribution in [0.25, 0.3) is 0 Å². The molecule has 0 aliphatic carbocycles. The van der Waals surface area contributed by atoms with Crippen molar-refractivity contribution in [3.05, 3.63) is 45.0 Å². The van der Waals surface area contributed by atoms with Gasteiger partial charge in [0.05, 0.1) is 22.1 Å². The van der Waals surface area contributed by atoms with E-state index in [0.717, 1.165) is 25.7 Å². The third-order valence-corrected chi connectivity index (χ3v) is 4.34. The third-order valence-electron chi connectivity index (χ3n) is 2.67. The van der Waals surface area contributed by atoms with Crippen molar-refractivity contribution in [3.8, 4) is 11.5 Å². The smallest absolute Gasteiger partial charge is 0.203 e. The fourth-order valence-corrected chi connectivity index (χ4v) is 3.19. The average Bonchev–Trinajstić information content (AvgIpc) is 2.92. The summed E-state index contributed by atoms with van der Waals surface area (Å²) in [6.07, 6.45) is 3.44. The highest BCUT2D eigenvalue weighted by atomic mass is 127. The van der Waals surface area contributed by atoms with Crippen LogP contribution in [-0.2, 0) is 0 Å². The summed E-state index contributed by atoms with van der Waals surface area (Å²) < 4.78 is 12.3. The van der Waals surface area contributed by atoms with E-state index in [1.54, 1.807) is 12.3 Å². The maximum Gasteiger partial charge on any atom is 0.203 e. The molecule has 5 nitrogen and oxygen atoms in total. The van der Waals surface area contributed by atoms with E-state index >= 15 is 0 Å². The van der Waals surface area contributed by atoms with Gasteiger partial charge in [-0.05, 0) is 54.1 Å². The largest absolute Gasteiger partial charge is 0.490 e. The molecule has 0 atom stereocenters. The van der Waals surface area contributed by atoms with Crippen molar-refractivity contribution in [2.24, 2.45) is 5.10 Å². The molecule has 1 heterocycles. The van der Waals surface area contributed by atoms with Gasteiger partial charge >= 0.3 is 0 Å². The van der Waals surface area contributed by atoms with Crippen molar-refractivity contribution in [1.82, 2.24) is 4.98 Å². The highest BCUT2D eigenvalue weighted by molar-refractivity contribution is 14.1. The molecule has 0 aliphatic rings. The molecule has 0 saturated heterocycles. The van der Waals surface area contributed by atoms with E-state index in [2.05, 4.69) is 44.7 Å². The number of hydrogen-bond acceptors (Lipinski definition) is 6. The van der Waals surface area contributed by atoms with Gasteiger partial charge in [0.15, 0.2) is 11.5 Å². The van der Waals surface area contributed by atoms with E-state index in [9.17, 15) is 0 Å². The van der Waals surface area contributed by atoms with Gasteiger partial charge in [-0.2, -0.15) is 5.10 Å². The number of thiazole rings is 1. The molecule has 1 aromatic carbocycles. The molecule has 0 saturated carbocycles. The van der Waals surface area contributed by atoms with E-state index < -0.39 is 0 Å².